The van der Waals surface area contributed by atoms with Gasteiger partial charge in [-0.15, -0.1) is 0 Å². The Morgan fingerprint density at radius 1 is 1.25 bits per heavy atom. The average molecular weight is 325 g/mol. The number of hydrogen-bond acceptors (Lipinski definition) is 3. The lowest BCUT2D eigenvalue weighted by Crippen LogP contribution is -2.51. The molecule has 0 saturated heterocycles. The van der Waals surface area contributed by atoms with Gasteiger partial charge in [-0.1, -0.05) is 13.8 Å². The molecule has 4 aliphatic carbocycles. The van der Waals surface area contributed by atoms with Crippen LogP contribution in [0.1, 0.15) is 58.8 Å². The van der Waals surface area contributed by atoms with Crippen molar-refractivity contribution in [1.29, 1.82) is 5.26 Å². The number of allylic oxidation sites excluding steroid dienone is 2. The second-order valence-electron chi connectivity index (χ2n) is 8.98. The molecule has 0 spiro atoms. The molecule has 0 heterocycles. The number of fused-ring (bicyclic) bond motifs is 5. The summed E-state index contributed by atoms with van der Waals surface area (Å²) in [7, 11) is 0. The second kappa shape index (κ2) is 5.22. The SMILES string of the molecule is C[C@]12CC[C@H]3[C@@H](CC(=CO)C4=CC(=O)CC[C@@]43C)[C@@H]1CC[C@@H]2C#N. The minimum Gasteiger partial charge on any atom is -0.515 e. The number of rotatable bonds is 0. The fourth-order valence-corrected chi connectivity index (χ4v) is 6.82. The maximum Gasteiger partial charge on any atom is 0.156 e. The minimum atomic E-state index is 0.0114. The third-order valence-electron chi connectivity index (χ3n) is 8.18. The van der Waals surface area contributed by atoms with Gasteiger partial charge in [0.25, 0.3) is 0 Å². The van der Waals surface area contributed by atoms with Crippen LogP contribution in [0, 0.1) is 45.8 Å². The van der Waals surface area contributed by atoms with E-state index in [4.69, 9.17) is 0 Å². The molecule has 1 N–H and O–H groups in total. The lowest BCUT2D eigenvalue weighted by atomic mass is 9.46. The van der Waals surface area contributed by atoms with Crippen molar-refractivity contribution in [3.8, 4) is 6.07 Å². The van der Waals surface area contributed by atoms with Gasteiger partial charge in [-0.2, -0.15) is 5.26 Å². The van der Waals surface area contributed by atoms with E-state index in [-0.39, 0.29) is 22.5 Å². The smallest absolute Gasteiger partial charge is 0.156 e. The topological polar surface area (TPSA) is 61.1 Å². The van der Waals surface area contributed by atoms with Gasteiger partial charge in [-0.05, 0) is 84.3 Å². The molecule has 0 amide bonds. The Balaban J connectivity index is 1.77. The van der Waals surface area contributed by atoms with Crippen LogP contribution in [0.15, 0.2) is 23.5 Å². The Morgan fingerprint density at radius 2 is 2.04 bits per heavy atom. The zero-order valence-corrected chi connectivity index (χ0v) is 14.7. The largest absolute Gasteiger partial charge is 0.515 e. The molecule has 0 unspecified atom stereocenters. The molecule has 0 aromatic heterocycles. The van der Waals surface area contributed by atoms with E-state index in [0.717, 1.165) is 49.7 Å². The number of carbonyl (C=O) groups is 1. The van der Waals surface area contributed by atoms with E-state index < -0.39 is 0 Å². The van der Waals surface area contributed by atoms with Gasteiger partial charge in [0.2, 0.25) is 0 Å². The van der Waals surface area contributed by atoms with Crippen LogP contribution in [0.2, 0.25) is 0 Å². The fourth-order valence-electron chi connectivity index (χ4n) is 6.82. The molecule has 0 aliphatic heterocycles. The Kier molecular flexibility index (Phi) is 3.46. The van der Waals surface area contributed by atoms with Gasteiger partial charge in [-0.25, -0.2) is 0 Å². The van der Waals surface area contributed by atoms with Gasteiger partial charge in [0.15, 0.2) is 5.78 Å². The van der Waals surface area contributed by atoms with Crippen molar-refractivity contribution < 1.29 is 9.90 Å². The van der Waals surface area contributed by atoms with Gasteiger partial charge in [0.1, 0.15) is 0 Å². The first-order valence-electron chi connectivity index (χ1n) is 9.42. The van der Waals surface area contributed by atoms with Crippen molar-refractivity contribution >= 4 is 5.78 Å². The molecule has 3 fully saturated rings. The number of carbonyl (C=O) groups excluding carboxylic acids is 1. The van der Waals surface area contributed by atoms with E-state index in [2.05, 4.69) is 19.9 Å². The Morgan fingerprint density at radius 3 is 2.75 bits per heavy atom. The minimum absolute atomic E-state index is 0.0114. The summed E-state index contributed by atoms with van der Waals surface area (Å²) in [6.07, 6.45) is 9.91. The second-order valence-corrected chi connectivity index (χ2v) is 8.98. The maximum absolute atomic E-state index is 12.0. The predicted octanol–water partition coefficient (Wildman–Crippen LogP) is 4.71. The van der Waals surface area contributed by atoms with Crippen LogP contribution in [0.5, 0.6) is 0 Å². The number of ketones is 1. The summed E-state index contributed by atoms with van der Waals surface area (Å²) in [6.45, 7) is 4.64. The number of aliphatic hydroxyl groups is 1. The van der Waals surface area contributed by atoms with Gasteiger partial charge in [0, 0.05) is 6.42 Å². The van der Waals surface area contributed by atoms with Crippen LogP contribution in [-0.2, 0) is 4.79 Å². The van der Waals surface area contributed by atoms with Crippen molar-refractivity contribution in [2.45, 2.75) is 58.8 Å². The van der Waals surface area contributed by atoms with Crippen molar-refractivity contribution in [3.05, 3.63) is 23.5 Å². The molecule has 24 heavy (non-hydrogen) atoms. The lowest BCUT2D eigenvalue weighted by Gasteiger charge is -2.58. The van der Waals surface area contributed by atoms with Crippen LogP contribution >= 0.6 is 0 Å². The molecule has 0 aromatic carbocycles. The summed E-state index contributed by atoms with van der Waals surface area (Å²) in [5.41, 5.74) is 2.22. The highest BCUT2D eigenvalue weighted by molar-refractivity contribution is 5.92. The molecule has 0 aromatic rings. The summed E-state index contributed by atoms with van der Waals surface area (Å²) in [4.78, 5) is 12.0. The summed E-state index contributed by atoms with van der Waals surface area (Å²) < 4.78 is 0. The molecular formula is C21H27NO2. The number of hydrogen-bond donors (Lipinski definition) is 1. The van der Waals surface area contributed by atoms with Crippen molar-refractivity contribution in [2.75, 3.05) is 0 Å². The molecule has 3 nitrogen and oxygen atoms in total. The zero-order chi connectivity index (χ0) is 17.1. The van der Waals surface area contributed by atoms with E-state index in [1.54, 1.807) is 0 Å². The highest BCUT2D eigenvalue weighted by atomic mass is 16.2. The quantitative estimate of drug-likeness (QED) is 0.656. The molecule has 3 heteroatoms. The lowest BCUT2D eigenvalue weighted by molar-refractivity contribution is -0.117. The van der Waals surface area contributed by atoms with Gasteiger partial charge < -0.3 is 5.11 Å². The third kappa shape index (κ3) is 1.92. The Labute approximate surface area is 144 Å². The Bertz CT molecular complexity index is 684. The van der Waals surface area contributed by atoms with Crippen LogP contribution in [0.3, 0.4) is 0 Å². The first-order valence-corrected chi connectivity index (χ1v) is 9.42. The summed E-state index contributed by atoms with van der Waals surface area (Å²) in [5, 5.41) is 19.4. The molecule has 128 valence electrons. The molecule has 3 saturated carbocycles. The highest BCUT2D eigenvalue weighted by Crippen LogP contribution is 2.67. The molecule has 0 bridgehead atoms. The number of nitrogens with zero attached hydrogens (tertiary/aromatic N) is 1. The molecule has 4 aliphatic rings. The summed E-state index contributed by atoms with van der Waals surface area (Å²) >= 11 is 0. The van der Waals surface area contributed by atoms with E-state index in [1.807, 2.05) is 6.08 Å². The molecule has 0 radical (unpaired) electrons. The summed E-state index contributed by atoms with van der Waals surface area (Å²) in [6, 6.07) is 2.58. The van der Waals surface area contributed by atoms with Crippen LogP contribution in [0.4, 0.5) is 0 Å². The van der Waals surface area contributed by atoms with Crippen molar-refractivity contribution in [3.63, 3.8) is 0 Å². The van der Waals surface area contributed by atoms with Crippen LogP contribution < -0.4 is 0 Å². The normalized spacial score (nSPS) is 49.0. The van der Waals surface area contributed by atoms with Gasteiger partial charge in [-0.3, -0.25) is 4.79 Å². The van der Waals surface area contributed by atoms with E-state index in [1.165, 1.54) is 6.26 Å². The highest BCUT2D eigenvalue weighted by Gasteiger charge is 2.59. The fraction of sp³-hybridized carbons (Fsp3) is 0.714. The predicted molar refractivity (Wildman–Crippen MR) is 91.9 cm³/mol. The Hall–Kier alpha value is -1.56. The van der Waals surface area contributed by atoms with E-state index in [0.29, 0.717) is 24.2 Å². The molecule has 4 rings (SSSR count). The van der Waals surface area contributed by atoms with Crippen LogP contribution in [0.25, 0.3) is 0 Å². The zero-order valence-electron chi connectivity index (χ0n) is 14.7. The number of aliphatic hydroxyl groups excluding tert-OH is 1. The van der Waals surface area contributed by atoms with E-state index >= 15 is 0 Å². The standard InChI is InChI=1S/C21H27NO2/c1-20-8-6-18-16(17(20)4-3-14(20)11-22)9-13(12-23)19-10-15(24)5-7-21(18,19)2/h10,12,14,16-18,23H,3-9H2,1-2H3/t14-,16+,17+,18+,20-,21-/m1/s1. The van der Waals surface area contributed by atoms with Gasteiger partial charge in [0.05, 0.1) is 18.2 Å². The van der Waals surface area contributed by atoms with Crippen LogP contribution in [-0.4, -0.2) is 10.9 Å². The first-order chi connectivity index (χ1) is 11.4. The molecular weight excluding hydrogens is 298 g/mol. The maximum atomic E-state index is 12.0. The van der Waals surface area contributed by atoms with Crippen molar-refractivity contribution in [2.24, 2.45) is 34.5 Å². The summed E-state index contributed by atoms with van der Waals surface area (Å²) in [5.74, 6) is 2.08. The number of nitriles is 1. The molecule has 6 atom stereocenters. The third-order valence-corrected chi connectivity index (χ3v) is 8.18. The first kappa shape index (κ1) is 15.9. The average Bonchev–Trinajstić information content (AvgIpc) is 2.91. The monoisotopic (exact) mass is 325 g/mol. The van der Waals surface area contributed by atoms with Gasteiger partial charge >= 0.3 is 0 Å². The van der Waals surface area contributed by atoms with E-state index in [9.17, 15) is 15.2 Å². The van der Waals surface area contributed by atoms with Crippen molar-refractivity contribution in [1.82, 2.24) is 0 Å².